The molecule has 3 N–H and O–H groups in total. The fraction of sp³-hybridized carbons (Fsp3) is 0.370. The second kappa shape index (κ2) is 14.6. The average Bonchev–Trinajstić information content (AvgIpc) is 3.58. The third-order valence-electron chi connectivity index (χ3n) is 6.53. The summed E-state index contributed by atoms with van der Waals surface area (Å²) in [5.74, 6) is -2.91. The molecule has 5 rings (SSSR count). The van der Waals surface area contributed by atoms with Crippen molar-refractivity contribution in [2.45, 2.75) is 55.3 Å². The van der Waals surface area contributed by atoms with Crippen molar-refractivity contribution >= 4 is 71.0 Å². The van der Waals surface area contributed by atoms with E-state index < -0.39 is 53.1 Å². The molecule has 0 radical (unpaired) electrons. The van der Waals surface area contributed by atoms with E-state index in [1.807, 2.05) is 6.92 Å². The molecule has 2 aliphatic heterocycles. The van der Waals surface area contributed by atoms with Gasteiger partial charge in [0.05, 0.1) is 0 Å². The SMILES string of the molecule is Cc1nnc(SCC2=C(C(=O)OCc3oc(=O)oc3C)N3C(=O)C(NC(=O)C(OC(=O)C(C)N)c4ccccc4)C3SC2)s1.Cl. The lowest BCUT2D eigenvalue weighted by molar-refractivity contribution is -0.160. The minimum atomic E-state index is -1.35. The number of amides is 2. The summed E-state index contributed by atoms with van der Waals surface area (Å²) in [7, 11) is 0. The van der Waals surface area contributed by atoms with Gasteiger partial charge >= 0.3 is 17.8 Å². The number of β-lactam (4-membered cyclic amide) rings is 1. The van der Waals surface area contributed by atoms with Crippen molar-refractivity contribution in [2.75, 3.05) is 11.5 Å². The van der Waals surface area contributed by atoms with Crippen LogP contribution in [-0.4, -0.2) is 67.8 Å². The number of carbonyl (C=O) groups is 4. The number of hydrogen-bond donors (Lipinski definition) is 2. The first kappa shape index (κ1) is 34.2. The number of halogens is 1. The lowest BCUT2D eigenvalue weighted by Gasteiger charge is -2.49. The zero-order chi connectivity index (χ0) is 31.5. The van der Waals surface area contributed by atoms with Crippen molar-refractivity contribution in [3.63, 3.8) is 0 Å². The molecule has 0 bridgehead atoms. The monoisotopic (exact) mass is 697 g/mol. The molecule has 0 aliphatic carbocycles. The Bertz CT molecular complexity index is 1670. The van der Waals surface area contributed by atoms with Crippen LogP contribution < -0.4 is 16.9 Å². The number of carbonyl (C=O) groups excluding carboxylic acids is 4. The summed E-state index contributed by atoms with van der Waals surface area (Å²) in [5, 5.41) is 10.9. The molecule has 1 aromatic carbocycles. The number of hydrogen-bond acceptors (Lipinski definition) is 15. The Hall–Kier alpha value is -3.64. The molecule has 2 aliphatic rings. The molecule has 14 nitrogen and oxygen atoms in total. The van der Waals surface area contributed by atoms with Crippen LogP contribution in [-0.2, 0) is 35.3 Å². The normalized spacial score (nSPS) is 18.7. The Morgan fingerprint density at radius 1 is 1.18 bits per heavy atom. The summed E-state index contributed by atoms with van der Waals surface area (Å²) >= 11 is 4.12. The standard InChI is InChI=1S/C27H27N5O9S3.ClH/c1-12(28)24(35)41-20(15-7-5-4-6-8-15)21(33)29-18-22(34)32-19(25(36)38-9-17-13(2)39-27(37)40-17)16(10-42-23(18)32)11-43-26-31-30-14(3)44-26;/h4-8,12,18,20,23H,9-11,28H2,1-3H3,(H,29,33);1H. The second-order valence-electron chi connectivity index (χ2n) is 9.75. The number of ether oxygens (including phenoxy) is 2. The maximum absolute atomic E-state index is 13.5. The number of benzene rings is 1. The summed E-state index contributed by atoms with van der Waals surface area (Å²) in [5.41, 5.74) is 6.69. The lowest BCUT2D eigenvalue weighted by Crippen LogP contribution is -2.71. The Morgan fingerprint density at radius 2 is 1.91 bits per heavy atom. The second-order valence-corrected chi connectivity index (χ2v) is 13.3. The highest BCUT2D eigenvalue weighted by Gasteiger charge is 2.55. The molecule has 1 fully saturated rings. The van der Waals surface area contributed by atoms with Gasteiger partial charge in [0.15, 0.2) is 22.5 Å². The number of nitrogens with two attached hydrogens (primary N) is 1. The van der Waals surface area contributed by atoms with E-state index in [9.17, 15) is 24.0 Å². The lowest BCUT2D eigenvalue weighted by atomic mass is 10.0. The third kappa shape index (κ3) is 7.61. The van der Waals surface area contributed by atoms with Crippen LogP contribution >= 0.6 is 47.3 Å². The highest BCUT2D eigenvalue weighted by molar-refractivity contribution is 8.01. The van der Waals surface area contributed by atoms with Gasteiger partial charge in [0.1, 0.15) is 28.2 Å². The minimum Gasteiger partial charge on any atom is -0.453 e. The van der Waals surface area contributed by atoms with Crippen LogP contribution in [0.5, 0.6) is 0 Å². The van der Waals surface area contributed by atoms with Crippen LogP contribution in [0.1, 0.15) is 35.1 Å². The molecule has 0 spiro atoms. The van der Waals surface area contributed by atoms with Gasteiger partial charge < -0.3 is 29.4 Å². The highest BCUT2D eigenvalue weighted by Crippen LogP contribution is 2.42. The zero-order valence-electron chi connectivity index (χ0n) is 24.0. The fourth-order valence-corrected chi connectivity index (χ4v) is 7.63. The number of rotatable bonds is 11. The van der Waals surface area contributed by atoms with Gasteiger partial charge in [-0.1, -0.05) is 53.4 Å². The topological polar surface area (TPSA) is 197 Å². The van der Waals surface area contributed by atoms with Crippen molar-refractivity contribution in [1.29, 1.82) is 0 Å². The van der Waals surface area contributed by atoms with Crippen LogP contribution in [0.15, 0.2) is 59.6 Å². The predicted molar refractivity (Wildman–Crippen MR) is 165 cm³/mol. The van der Waals surface area contributed by atoms with E-state index in [0.29, 0.717) is 27.0 Å². The molecule has 4 heterocycles. The van der Waals surface area contributed by atoms with Gasteiger partial charge in [-0.25, -0.2) is 9.59 Å². The van der Waals surface area contributed by atoms with Crippen molar-refractivity contribution in [3.05, 3.63) is 74.3 Å². The number of esters is 2. The summed E-state index contributed by atoms with van der Waals surface area (Å²) in [6.45, 7) is 4.37. The maximum Gasteiger partial charge on any atom is 0.519 e. The van der Waals surface area contributed by atoms with Gasteiger partial charge in [0.25, 0.3) is 11.8 Å². The molecule has 4 atom stereocenters. The van der Waals surface area contributed by atoms with Crippen LogP contribution in [0.4, 0.5) is 0 Å². The molecule has 45 heavy (non-hydrogen) atoms. The number of thioether (sulfide) groups is 2. The zero-order valence-corrected chi connectivity index (χ0v) is 27.3. The first-order valence-electron chi connectivity index (χ1n) is 13.2. The van der Waals surface area contributed by atoms with Crippen LogP contribution in [0.3, 0.4) is 0 Å². The number of nitrogens with zero attached hydrogens (tertiary/aromatic N) is 3. The Labute approximate surface area is 274 Å². The number of fused-ring (bicyclic) bond motifs is 1. The van der Waals surface area contributed by atoms with E-state index in [-0.39, 0.29) is 36.2 Å². The van der Waals surface area contributed by atoms with Gasteiger partial charge in [-0.3, -0.25) is 19.3 Å². The molecule has 2 aromatic heterocycles. The first-order chi connectivity index (χ1) is 21.0. The third-order valence-corrected chi connectivity index (χ3v) is 9.93. The molecule has 240 valence electrons. The molecule has 4 unspecified atom stereocenters. The number of aromatic nitrogens is 2. The van der Waals surface area contributed by atoms with E-state index in [2.05, 4.69) is 15.5 Å². The number of nitrogens with one attached hydrogen (secondary N) is 1. The van der Waals surface area contributed by atoms with Crippen molar-refractivity contribution < 1.29 is 37.5 Å². The molecule has 3 aromatic rings. The summed E-state index contributed by atoms with van der Waals surface area (Å²) in [6.07, 6.45) is -1.35. The average molecular weight is 698 g/mol. The van der Waals surface area contributed by atoms with E-state index in [1.54, 1.807) is 30.3 Å². The van der Waals surface area contributed by atoms with Gasteiger partial charge in [0, 0.05) is 17.1 Å². The molecular formula is C27H28ClN5O9S3. The maximum atomic E-state index is 13.5. The molecular weight excluding hydrogens is 670 g/mol. The van der Waals surface area contributed by atoms with Crippen molar-refractivity contribution in [1.82, 2.24) is 20.4 Å². The Balaban J connectivity index is 0.00000461. The van der Waals surface area contributed by atoms with Gasteiger partial charge in [-0.05, 0) is 26.3 Å². The van der Waals surface area contributed by atoms with Crippen LogP contribution in [0.25, 0.3) is 0 Å². The van der Waals surface area contributed by atoms with E-state index >= 15 is 0 Å². The van der Waals surface area contributed by atoms with E-state index in [1.165, 1.54) is 53.6 Å². The van der Waals surface area contributed by atoms with Gasteiger partial charge in [-0.15, -0.1) is 34.4 Å². The summed E-state index contributed by atoms with van der Waals surface area (Å²) < 4.78 is 21.3. The quantitative estimate of drug-likeness (QED) is 0.168. The van der Waals surface area contributed by atoms with Crippen molar-refractivity contribution in [2.24, 2.45) is 5.73 Å². The smallest absolute Gasteiger partial charge is 0.453 e. The Kier molecular flexibility index (Phi) is 11.1. The molecule has 1 saturated heterocycles. The molecule has 2 amide bonds. The fourth-order valence-electron chi connectivity index (χ4n) is 4.33. The Morgan fingerprint density at radius 3 is 2.53 bits per heavy atom. The largest absolute Gasteiger partial charge is 0.519 e. The number of aryl methyl sites for hydroxylation is 2. The first-order valence-corrected chi connectivity index (χ1v) is 16.1. The summed E-state index contributed by atoms with van der Waals surface area (Å²) in [4.78, 5) is 65.3. The van der Waals surface area contributed by atoms with Crippen molar-refractivity contribution in [3.8, 4) is 0 Å². The minimum absolute atomic E-state index is 0. The predicted octanol–water partition coefficient (Wildman–Crippen LogP) is 2.24. The summed E-state index contributed by atoms with van der Waals surface area (Å²) in [6, 6.07) is 6.37. The van der Waals surface area contributed by atoms with Crippen LogP contribution in [0, 0.1) is 13.8 Å². The molecule has 18 heteroatoms. The molecule has 0 saturated carbocycles. The van der Waals surface area contributed by atoms with Gasteiger partial charge in [0.2, 0.25) is 6.10 Å². The van der Waals surface area contributed by atoms with E-state index in [0.717, 1.165) is 5.01 Å². The van der Waals surface area contributed by atoms with Gasteiger partial charge in [-0.2, -0.15) is 0 Å². The van der Waals surface area contributed by atoms with Crippen LogP contribution in [0.2, 0.25) is 0 Å². The highest BCUT2D eigenvalue weighted by atomic mass is 35.5. The van der Waals surface area contributed by atoms with E-state index in [4.69, 9.17) is 24.0 Å².